The number of carbonyl (C=O) groups is 2. The van der Waals surface area contributed by atoms with Crippen LogP contribution in [0.3, 0.4) is 0 Å². The van der Waals surface area contributed by atoms with Crippen LogP contribution in [0.4, 0.5) is 5.69 Å². The molecule has 1 aromatic rings. The van der Waals surface area contributed by atoms with Crippen molar-refractivity contribution >= 4 is 33.4 Å². The van der Waals surface area contributed by atoms with Gasteiger partial charge in [0.25, 0.3) is 0 Å². The zero-order chi connectivity index (χ0) is 13.7. The second kappa shape index (κ2) is 6.68. The number of halogens is 1. The smallest absolute Gasteiger partial charge is 0.233 e. The van der Waals surface area contributed by atoms with E-state index in [0.717, 1.165) is 4.47 Å². The van der Waals surface area contributed by atoms with E-state index in [9.17, 15) is 9.59 Å². The number of carbonyl (C=O) groups excluding carboxylic acids is 2. The molecule has 0 aliphatic carbocycles. The molecule has 19 heavy (non-hydrogen) atoms. The highest BCUT2D eigenvalue weighted by Gasteiger charge is 2.19. The average Bonchev–Trinajstić information content (AvgIpc) is 2.42. The zero-order valence-electron chi connectivity index (χ0n) is 10.4. The summed E-state index contributed by atoms with van der Waals surface area (Å²) in [6.45, 7) is 2.19. The monoisotopic (exact) mass is 326 g/mol. The van der Waals surface area contributed by atoms with Gasteiger partial charge in [-0.1, -0.05) is 12.1 Å². The number of hydrogen-bond donors (Lipinski definition) is 1. The Kier molecular flexibility index (Phi) is 4.93. The average molecular weight is 327 g/mol. The first kappa shape index (κ1) is 14.0. The molecule has 2 rings (SSSR count). The van der Waals surface area contributed by atoms with Crippen molar-refractivity contribution in [1.82, 2.24) is 4.90 Å². The molecule has 1 fully saturated rings. The number of anilines is 1. The number of amides is 2. The molecule has 2 amide bonds. The lowest BCUT2D eigenvalue weighted by Gasteiger charge is -2.26. The van der Waals surface area contributed by atoms with E-state index in [-0.39, 0.29) is 18.2 Å². The Hall–Kier alpha value is -1.40. The number of benzene rings is 1. The van der Waals surface area contributed by atoms with Gasteiger partial charge in [-0.3, -0.25) is 9.59 Å². The number of rotatable bonds is 3. The van der Waals surface area contributed by atoms with Gasteiger partial charge in [-0.15, -0.1) is 0 Å². The first-order valence-corrected chi connectivity index (χ1v) is 6.86. The fourth-order valence-electron chi connectivity index (χ4n) is 1.82. The Morgan fingerprint density at radius 3 is 2.63 bits per heavy atom. The molecule has 0 radical (unpaired) electrons. The van der Waals surface area contributed by atoms with Gasteiger partial charge in [0.1, 0.15) is 6.42 Å². The fraction of sp³-hybridized carbons (Fsp3) is 0.385. The predicted octanol–water partition coefficient (Wildman–Crippen LogP) is 1.64. The highest BCUT2D eigenvalue weighted by atomic mass is 79.9. The quantitative estimate of drug-likeness (QED) is 0.859. The molecule has 0 atom stereocenters. The summed E-state index contributed by atoms with van der Waals surface area (Å²) in [5.41, 5.74) is 0.669. The summed E-state index contributed by atoms with van der Waals surface area (Å²) in [6, 6.07) is 7.30. The highest BCUT2D eigenvalue weighted by Crippen LogP contribution is 2.21. The van der Waals surface area contributed by atoms with Gasteiger partial charge in [-0.2, -0.15) is 0 Å². The molecule has 102 valence electrons. The Bertz CT molecular complexity index is 473. The van der Waals surface area contributed by atoms with Crippen LogP contribution >= 0.6 is 15.9 Å². The molecule has 0 unspecified atom stereocenters. The Morgan fingerprint density at radius 2 is 1.95 bits per heavy atom. The molecule has 0 bridgehead atoms. The van der Waals surface area contributed by atoms with Gasteiger partial charge in [-0.05, 0) is 28.1 Å². The Morgan fingerprint density at radius 1 is 1.26 bits per heavy atom. The molecule has 1 aromatic carbocycles. The summed E-state index contributed by atoms with van der Waals surface area (Å²) in [4.78, 5) is 25.3. The maximum absolute atomic E-state index is 11.9. The van der Waals surface area contributed by atoms with Crippen LogP contribution in [0, 0.1) is 0 Å². The SMILES string of the molecule is O=C(CC(=O)N1CCOCC1)Nc1ccccc1Br. The third-order valence-electron chi connectivity index (χ3n) is 2.82. The van der Waals surface area contributed by atoms with Gasteiger partial charge in [0.15, 0.2) is 0 Å². The van der Waals surface area contributed by atoms with Gasteiger partial charge < -0.3 is 15.0 Å². The van der Waals surface area contributed by atoms with Crippen molar-refractivity contribution in [3.63, 3.8) is 0 Å². The molecular formula is C13H15BrN2O3. The van der Waals surface area contributed by atoms with E-state index in [2.05, 4.69) is 21.2 Å². The number of hydrogen-bond acceptors (Lipinski definition) is 3. The minimum absolute atomic E-state index is 0.138. The number of ether oxygens (including phenoxy) is 1. The van der Waals surface area contributed by atoms with E-state index < -0.39 is 0 Å². The van der Waals surface area contributed by atoms with E-state index in [0.29, 0.717) is 32.0 Å². The van der Waals surface area contributed by atoms with Gasteiger partial charge in [0.05, 0.1) is 18.9 Å². The number of nitrogens with zero attached hydrogens (tertiary/aromatic N) is 1. The van der Waals surface area contributed by atoms with Crippen LogP contribution in [0.25, 0.3) is 0 Å². The van der Waals surface area contributed by atoms with Gasteiger partial charge >= 0.3 is 0 Å². The zero-order valence-corrected chi connectivity index (χ0v) is 12.0. The van der Waals surface area contributed by atoms with Crippen LogP contribution in [0.2, 0.25) is 0 Å². The second-order valence-electron chi connectivity index (χ2n) is 4.20. The number of para-hydroxylation sites is 1. The van der Waals surface area contributed by atoms with E-state index in [4.69, 9.17) is 4.74 Å². The van der Waals surface area contributed by atoms with Crippen LogP contribution in [0.5, 0.6) is 0 Å². The Labute approximate surface area is 120 Å². The molecule has 1 N–H and O–H groups in total. The molecule has 5 nitrogen and oxygen atoms in total. The Balaban J connectivity index is 1.87. The normalized spacial score (nSPS) is 15.1. The van der Waals surface area contributed by atoms with Gasteiger partial charge in [0.2, 0.25) is 11.8 Å². The van der Waals surface area contributed by atoms with Crippen molar-refractivity contribution in [2.75, 3.05) is 31.6 Å². The molecule has 0 saturated carbocycles. The van der Waals surface area contributed by atoms with Crippen molar-refractivity contribution in [2.45, 2.75) is 6.42 Å². The lowest BCUT2D eigenvalue weighted by Crippen LogP contribution is -2.41. The van der Waals surface area contributed by atoms with E-state index in [1.165, 1.54) is 0 Å². The van der Waals surface area contributed by atoms with Crippen LogP contribution < -0.4 is 5.32 Å². The topological polar surface area (TPSA) is 58.6 Å². The van der Waals surface area contributed by atoms with Crippen LogP contribution in [0.15, 0.2) is 28.7 Å². The third kappa shape index (κ3) is 4.04. The lowest BCUT2D eigenvalue weighted by molar-refractivity contribution is -0.138. The van der Waals surface area contributed by atoms with Crippen molar-refractivity contribution < 1.29 is 14.3 Å². The van der Waals surface area contributed by atoms with E-state index in [1.807, 2.05) is 18.2 Å². The maximum atomic E-state index is 11.9. The summed E-state index contributed by atoms with van der Waals surface area (Å²) >= 11 is 3.34. The summed E-state index contributed by atoms with van der Waals surface area (Å²) in [5, 5.41) is 2.72. The second-order valence-corrected chi connectivity index (χ2v) is 5.05. The first-order valence-electron chi connectivity index (χ1n) is 6.07. The molecule has 0 spiro atoms. The van der Waals surface area contributed by atoms with Crippen LogP contribution in [-0.2, 0) is 14.3 Å². The van der Waals surface area contributed by atoms with Crippen LogP contribution in [0.1, 0.15) is 6.42 Å². The largest absolute Gasteiger partial charge is 0.378 e. The number of nitrogens with one attached hydrogen (secondary N) is 1. The molecule has 6 heteroatoms. The first-order chi connectivity index (χ1) is 9.16. The summed E-state index contributed by atoms with van der Waals surface area (Å²) < 4.78 is 5.96. The summed E-state index contributed by atoms with van der Waals surface area (Å²) in [6.07, 6.45) is -0.138. The van der Waals surface area contributed by atoms with Gasteiger partial charge in [0, 0.05) is 17.6 Å². The van der Waals surface area contributed by atoms with E-state index >= 15 is 0 Å². The molecule has 1 saturated heterocycles. The third-order valence-corrected chi connectivity index (χ3v) is 3.52. The lowest BCUT2D eigenvalue weighted by atomic mass is 10.3. The highest BCUT2D eigenvalue weighted by molar-refractivity contribution is 9.10. The van der Waals surface area contributed by atoms with Crippen LogP contribution in [-0.4, -0.2) is 43.0 Å². The van der Waals surface area contributed by atoms with Crippen molar-refractivity contribution in [2.24, 2.45) is 0 Å². The summed E-state index contributed by atoms with van der Waals surface area (Å²) in [7, 11) is 0. The molecular weight excluding hydrogens is 312 g/mol. The fourth-order valence-corrected chi connectivity index (χ4v) is 2.20. The standard InChI is InChI=1S/C13H15BrN2O3/c14-10-3-1-2-4-11(10)15-12(17)9-13(18)16-5-7-19-8-6-16/h1-4H,5-9H2,(H,15,17). The molecule has 0 aromatic heterocycles. The molecule has 1 heterocycles. The molecule has 1 aliphatic heterocycles. The van der Waals surface area contributed by atoms with Crippen molar-refractivity contribution in [1.29, 1.82) is 0 Å². The van der Waals surface area contributed by atoms with Crippen molar-refractivity contribution in [3.05, 3.63) is 28.7 Å². The van der Waals surface area contributed by atoms with E-state index in [1.54, 1.807) is 11.0 Å². The van der Waals surface area contributed by atoms with Crippen molar-refractivity contribution in [3.8, 4) is 0 Å². The number of morpholine rings is 1. The minimum atomic E-state index is -0.302. The predicted molar refractivity (Wildman–Crippen MR) is 74.8 cm³/mol. The minimum Gasteiger partial charge on any atom is -0.378 e. The summed E-state index contributed by atoms with van der Waals surface area (Å²) in [5.74, 6) is -0.462. The maximum Gasteiger partial charge on any atom is 0.233 e. The van der Waals surface area contributed by atoms with Gasteiger partial charge in [-0.25, -0.2) is 0 Å². The molecule has 1 aliphatic rings.